The van der Waals surface area contributed by atoms with Gasteiger partial charge in [0.1, 0.15) is 0 Å². The summed E-state index contributed by atoms with van der Waals surface area (Å²) in [4.78, 5) is 4.82. The van der Waals surface area contributed by atoms with Crippen LogP contribution in [-0.4, -0.2) is 10.1 Å². The summed E-state index contributed by atoms with van der Waals surface area (Å²) < 4.78 is 0. The van der Waals surface area contributed by atoms with Crippen molar-refractivity contribution in [3.05, 3.63) is 77.4 Å². The lowest BCUT2D eigenvalue weighted by molar-refractivity contribution is 0.281. The molecule has 0 bridgehead atoms. The normalized spacial score (nSPS) is 11.2. The van der Waals surface area contributed by atoms with Crippen LogP contribution < -0.4 is 5.32 Å². The van der Waals surface area contributed by atoms with Gasteiger partial charge in [-0.3, -0.25) is 0 Å². The van der Waals surface area contributed by atoms with Crippen molar-refractivity contribution in [1.82, 2.24) is 4.98 Å². The average molecular weight is 328 g/mol. The molecule has 4 rings (SSSR count). The van der Waals surface area contributed by atoms with Crippen LogP contribution in [0.4, 0.5) is 11.4 Å². The molecule has 1 heterocycles. The highest BCUT2D eigenvalue weighted by molar-refractivity contribution is 6.02. The van der Waals surface area contributed by atoms with Crippen molar-refractivity contribution in [3.63, 3.8) is 0 Å². The fraction of sp³-hybridized carbons (Fsp3) is 0.136. The van der Waals surface area contributed by atoms with Crippen molar-refractivity contribution in [2.45, 2.75) is 20.5 Å². The Morgan fingerprint density at radius 2 is 1.72 bits per heavy atom. The minimum absolute atomic E-state index is 0.00113. The maximum absolute atomic E-state index is 9.76. The van der Waals surface area contributed by atoms with E-state index in [9.17, 15) is 5.11 Å². The van der Waals surface area contributed by atoms with Gasteiger partial charge in [0, 0.05) is 16.5 Å². The molecule has 0 fully saturated rings. The van der Waals surface area contributed by atoms with Crippen molar-refractivity contribution in [3.8, 4) is 0 Å². The summed E-state index contributed by atoms with van der Waals surface area (Å²) in [5, 5.41) is 15.5. The first-order valence-corrected chi connectivity index (χ1v) is 8.42. The van der Waals surface area contributed by atoms with Crippen LogP contribution in [0.2, 0.25) is 0 Å². The molecule has 4 aromatic rings. The number of aryl methyl sites for hydroxylation is 1. The molecule has 0 amide bonds. The van der Waals surface area contributed by atoms with Crippen LogP contribution in [0.25, 0.3) is 21.8 Å². The molecule has 0 atom stereocenters. The van der Waals surface area contributed by atoms with Crippen LogP contribution in [0, 0.1) is 13.8 Å². The number of para-hydroxylation sites is 1. The first kappa shape index (κ1) is 15.6. The van der Waals surface area contributed by atoms with E-state index >= 15 is 0 Å². The Labute approximate surface area is 147 Å². The Bertz CT molecular complexity index is 1070. The molecule has 0 aliphatic heterocycles. The van der Waals surface area contributed by atoms with E-state index in [4.69, 9.17) is 4.98 Å². The summed E-state index contributed by atoms with van der Waals surface area (Å²) in [6, 6.07) is 20.5. The second-order valence-electron chi connectivity index (χ2n) is 6.44. The van der Waals surface area contributed by atoms with Crippen LogP contribution in [0.5, 0.6) is 0 Å². The van der Waals surface area contributed by atoms with Crippen molar-refractivity contribution in [1.29, 1.82) is 0 Å². The fourth-order valence-corrected chi connectivity index (χ4v) is 3.25. The van der Waals surface area contributed by atoms with E-state index in [0.29, 0.717) is 0 Å². The van der Waals surface area contributed by atoms with E-state index < -0.39 is 0 Å². The number of aliphatic hydroxyl groups excluding tert-OH is 1. The van der Waals surface area contributed by atoms with Crippen molar-refractivity contribution in [2.24, 2.45) is 0 Å². The van der Waals surface area contributed by atoms with Crippen molar-refractivity contribution < 1.29 is 5.11 Å². The van der Waals surface area contributed by atoms with Gasteiger partial charge in [-0.1, -0.05) is 29.8 Å². The van der Waals surface area contributed by atoms with Crippen LogP contribution in [-0.2, 0) is 6.61 Å². The standard InChI is InChI=1S/C22H20N2O/c1-14-8-9-20-16(10-14)11-19-21(24-20)12-17(13-25)15(2)22(19)23-18-6-4-3-5-7-18/h3-12,23,25H,13H2,1-2H3. The monoisotopic (exact) mass is 328 g/mol. The SMILES string of the molecule is Cc1ccc2nc3cc(CO)c(C)c(Nc4ccccc4)c3cc2c1. The minimum atomic E-state index is -0.00113. The molecule has 1 aromatic heterocycles. The average Bonchev–Trinajstić information content (AvgIpc) is 2.63. The van der Waals surface area contributed by atoms with Gasteiger partial charge in [0.15, 0.2) is 0 Å². The second-order valence-corrected chi connectivity index (χ2v) is 6.44. The van der Waals surface area contributed by atoms with Crippen LogP contribution in [0.15, 0.2) is 60.7 Å². The number of nitrogens with zero attached hydrogens (tertiary/aromatic N) is 1. The molecule has 2 N–H and O–H groups in total. The van der Waals surface area contributed by atoms with Crippen LogP contribution >= 0.6 is 0 Å². The van der Waals surface area contributed by atoms with Gasteiger partial charge in [-0.15, -0.1) is 0 Å². The molecule has 3 heteroatoms. The maximum atomic E-state index is 9.76. The molecule has 0 unspecified atom stereocenters. The van der Waals surface area contributed by atoms with Crippen molar-refractivity contribution in [2.75, 3.05) is 5.32 Å². The van der Waals surface area contributed by atoms with E-state index in [2.05, 4.69) is 30.4 Å². The summed E-state index contributed by atoms with van der Waals surface area (Å²) in [5.41, 5.74) is 7.04. The first-order chi connectivity index (χ1) is 12.2. The number of nitrogens with one attached hydrogen (secondary N) is 1. The van der Waals surface area contributed by atoms with Gasteiger partial charge in [0.2, 0.25) is 0 Å². The Morgan fingerprint density at radius 3 is 2.48 bits per heavy atom. The molecule has 0 radical (unpaired) electrons. The Hall–Kier alpha value is -2.91. The van der Waals surface area contributed by atoms with Crippen LogP contribution in [0.1, 0.15) is 16.7 Å². The van der Waals surface area contributed by atoms with E-state index in [0.717, 1.165) is 44.3 Å². The molecule has 3 nitrogen and oxygen atoms in total. The summed E-state index contributed by atoms with van der Waals surface area (Å²) in [6.45, 7) is 4.13. The summed E-state index contributed by atoms with van der Waals surface area (Å²) in [6.07, 6.45) is 0. The fourth-order valence-electron chi connectivity index (χ4n) is 3.25. The third-order valence-electron chi connectivity index (χ3n) is 4.65. The number of aliphatic hydroxyl groups is 1. The predicted octanol–water partition coefficient (Wildman–Crippen LogP) is 5.24. The van der Waals surface area contributed by atoms with Gasteiger partial charge in [-0.2, -0.15) is 0 Å². The highest BCUT2D eigenvalue weighted by Crippen LogP contribution is 2.34. The van der Waals surface area contributed by atoms with Gasteiger partial charge >= 0.3 is 0 Å². The van der Waals surface area contributed by atoms with E-state index in [1.54, 1.807) is 0 Å². The molecule has 0 aliphatic carbocycles. The lowest BCUT2D eigenvalue weighted by Crippen LogP contribution is -2.00. The highest BCUT2D eigenvalue weighted by atomic mass is 16.3. The molecule has 124 valence electrons. The molecular weight excluding hydrogens is 308 g/mol. The Balaban J connectivity index is 2.01. The van der Waals surface area contributed by atoms with Crippen molar-refractivity contribution >= 4 is 33.2 Å². The van der Waals surface area contributed by atoms with Crippen LogP contribution in [0.3, 0.4) is 0 Å². The zero-order valence-corrected chi connectivity index (χ0v) is 14.4. The zero-order chi connectivity index (χ0) is 17.4. The molecule has 0 spiro atoms. The minimum Gasteiger partial charge on any atom is -0.392 e. The highest BCUT2D eigenvalue weighted by Gasteiger charge is 2.12. The zero-order valence-electron chi connectivity index (χ0n) is 14.4. The topological polar surface area (TPSA) is 45.2 Å². The number of anilines is 2. The molecule has 0 saturated carbocycles. The Morgan fingerprint density at radius 1 is 0.920 bits per heavy atom. The van der Waals surface area contributed by atoms with Gasteiger partial charge in [-0.25, -0.2) is 4.98 Å². The summed E-state index contributed by atoms with van der Waals surface area (Å²) >= 11 is 0. The molecule has 25 heavy (non-hydrogen) atoms. The van der Waals surface area contributed by atoms with E-state index in [1.165, 1.54) is 5.56 Å². The predicted molar refractivity (Wildman–Crippen MR) is 104 cm³/mol. The smallest absolute Gasteiger partial charge is 0.0734 e. The second kappa shape index (κ2) is 6.19. The third-order valence-corrected chi connectivity index (χ3v) is 4.65. The number of hydrogen-bond acceptors (Lipinski definition) is 3. The largest absolute Gasteiger partial charge is 0.392 e. The lowest BCUT2D eigenvalue weighted by Gasteiger charge is -2.16. The quantitative estimate of drug-likeness (QED) is 0.505. The first-order valence-electron chi connectivity index (χ1n) is 8.42. The lowest BCUT2D eigenvalue weighted by atomic mass is 10.00. The van der Waals surface area contributed by atoms with Gasteiger partial charge < -0.3 is 10.4 Å². The van der Waals surface area contributed by atoms with E-state index in [-0.39, 0.29) is 6.61 Å². The molecule has 3 aromatic carbocycles. The van der Waals surface area contributed by atoms with Gasteiger partial charge in [0.25, 0.3) is 0 Å². The molecular formula is C22H20N2O. The van der Waals surface area contributed by atoms with E-state index in [1.807, 2.05) is 49.4 Å². The summed E-state index contributed by atoms with van der Waals surface area (Å²) in [5.74, 6) is 0. The summed E-state index contributed by atoms with van der Waals surface area (Å²) in [7, 11) is 0. The maximum Gasteiger partial charge on any atom is 0.0734 e. The number of benzene rings is 3. The number of aromatic nitrogens is 1. The van der Waals surface area contributed by atoms with Gasteiger partial charge in [0.05, 0.1) is 23.3 Å². The third kappa shape index (κ3) is 2.83. The molecule has 0 saturated heterocycles. The van der Waals surface area contributed by atoms with Gasteiger partial charge in [-0.05, 0) is 61.4 Å². The molecule has 0 aliphatic rings. The number of fused-ring (bicyclic) bond motifs is 2. The number of pyridine rings is 1. The Kier molecular flexibility index (Phi) is 3.86. The number of rotatable bonds is 3. The number of hydrogen-bond donors (Lipinski definition) is 2.